The second-order valence-electron chi connectivity index (χ2n) is 8.13. The number of piperidine rings is 1. The van der Waals surface area contributed by atoms with Gasteiger partial charge in [0, 0.05) is 31.1 Å². The maximum Gasteiger partial charge on any atom is 0.407 e. The standard InChI is InChI=1S/C19H28N2O2/c1-14(15-8-6-5-7-9-15)21-11-16-10-19(16,13-21)12-20-17(22)23-18(2,3)4/h5-9,14,16H,10-13H2,1-4H3,(H,20,22). The van der Waals surface area contributed by atoms with E-state index in [0.29, 0.717) is 12.0 Å². The highest BCUT2D eigenvalue weighted by Crippen LogP contribution is 2.58. The van der Waals surface area contributed by atoms with E-state index in [-0.39, 0.29) is 11.5 Å². The van der Waals surface area contributed by atoms with Gasteiger partial charge in [-0.2, -0.15) is 0 Å². The van der Waals surface area contributed by atoms with Gasteiger partial charge in [-0.05, 0) is 45.6 Å². The molecule has 1 aliphatic carbocycles. The van der Waals surface area contributed by atoms with E-state index in [1.54, 1.807) is 0 Å². The number of hydrogen-bond acceptors (Lipinski definition) is 3. The number of carbonyl (C=O) groups excluding carboxylic acids is 1. The molecule has 0 bridgehead atoms. The van der Waals surface area contributed by atoms with Crippen LogP contribution in [-0.2, 0) is 4.74 Å². The number of ether oxygens (including phenoxy) is 1. The maximum atomic E-state index is 11.9. The molecule has 3 atom stereocenters. The lowest BCUT2D eigenvalue weighted by atomic mass is 10.0. The molecular formula is C19H28N2O2. The van der Waals surface area contributed by atoms with Crippen molar-refractivity contribution >= 4 is 6.09 Å². The second kappa shape index (κ2) is 5.82. The highest BCUT2D eigenvalue weighted by molar-refractivity contribution is 5.67. The molecule has 1 heterocycles. The summed E-state index contributed by atoms with van der Waals surface area (Å²) >= 11 is 0. The summed E-state index contributed by atoms with van der Waals surface area (Å²) in [7, 11) is 0. The Hall–Kier alpha value is -1.55. The summed E-state index contributed by atoms with van der Waals surface area (Å²) in [6, 6.07) is 11.1. The molecule has 0 spiro atoms. The Morgan fingerprint density at radius 2 is 2.09 bits per heavy atom. The fraction of sp³-hybridized carbons (Fsp3) is 0.632. The van der Waals surface area contributed by atoms with Gasteiger partial charge in [0.05, 0.1) is 0 Å². The van der Waals surface area contributed by atoms with E-state index < -0.39 is 5.60 Å². The summed E-state index contributed by atoms with van der Waals surface area (Å²) in [5.41, 5.74) is 1.19. The fourth-order valence-electron chi connectivity index (χ4n) is 3.71. The topological polar surface area (TPSA) is 41.6 Å². The molecule has 0 aromatic heterocycles. The number of hydrogen-bond donors (Lipinski definition) is 1. The summed E-state index contributed by atoms with van der Waals surface area (Å²) in [5.74, 6) is 0.712. The molecule has 1 saturated heterocycles. The smallest absolute Gasteiger partial charge is 0.407 e. The highest BCUT2D eigenvalue weighted by Gasteiger charge is 2.60. The number of carbonyl (C=O) groups is 1. The first-order valence-electron chi connectivity index (χ1n) is 8.55. The van der Waals surface area contributed by atoms with Crippen LogP contribution in [0.1, 0.15) is 45.7 Å². The number of likely N-dealkylation sites (tertiary alicyclic amines) is 1. The third kappa shape index (κ3) is 3.69. The zero-order chi connectivity index (χ0) is 16.7. The molecule has 0 radical (unpaired) electrons. The number of nitrogens with zero attached hydrogens (tertiary/aromatic N) is 1. The minimum Gasteiger partial charge on any atom is -0.444 e. The van der Waals surface area contributed by atoms with Crippen LogP contribution in [0.5, 0.6) is 0 Å². The summed E-state index contributed by atoms with van der Waals surface area (Å²) in [6.45, 7) is 10.9. The van der Waals surface area contributed by atoms with Crippen molar-refractivity contribution < 1.29 is 9.53 Å². The van der Waals surface area contributed by atoms with E-state index >= 15 is 0 Å². The van der Waals surface area contributed by atoms with Crippen LogP contribution in [0.2, 0.25) is 0 Å². The minimum atomic E-state index is -0.436. The van der Waals surface area contributed by atoms with Crippen molar-refractivity contribution in [2.75, 3.05) is 19.6 Å². The molecule has 23 heavy (non-hydrogen) atoms. The van der Waals surface area contributed by atoms with Crippen LogP contribution in [0.3, 0.4) is 0 Å². The largest absolute Gasteiger partial charge is 0.444 e. The Morgan fingerprint density at radius 3 is 2.74 bits per heavy atom. The fourth-order valence-corrected chi connectivity index (χ4v) is 3.71. The summed E-state index contributed by atoms with van der Waals surface area (Å²) in [6.07, 6.45) is 0.924. The van der Waals surface area contributed by atoms with Crippen LogP contribution in [0.4, 0.5) is 4.79 Å². The van der Waals surface area contributed by atoms with Gasteiger partial charge in [-0.25, -0.2) is 4.79 Å². The van der Waals surface area contributed by atoms with Crippen LogP contribution in [0, 0.1) is 11.3 Å². The third-order valence-corrected chi connectivity index (χ3v) is 5.15. The number of alkyl carbamates (subject to hydrolysis) is 1. The monoisotopic (exact) mass is 316 g/mol. The normalized spacial score (nSPS) is 28.1. The van der Waals surface area contributed by atoms with Crippen molar-refractivity contribution in [3.63, 3.8) is 0 Å². The predicted octanol–water partition coefficient (Wildman–Crippen LogP) is 3.59. The number of benzene rings is 1. The van der Waals surface area contributed by atoms with Gasteiger partial charge in [0.2, 0.25) is 0 Å². The van der Waals surface area contributed by atoms with Crippen LogP contribution in [0.15, 0.2) is 30.3 Å². The first kappa shape index (κ1) is 16.3. The number of fused-ring (bicyclic) bond motifs is 1. The zero-order valence-electron chi connectivity index (χ0n) is 14.6. The lowest BCUT2D eigenvalue weighted by Crippen LogP contribution is -2.38. The Morgan fingerprint density at radius 1 is 1.39 bits per heavy atom. The van der Waals surface area contributed by atoms with E-state index in [9.17, 15) is 4.79 Å². The van der Waals surface area contributed by atoms with E-state index in [1.165, 1.54) is 12.0 Å². The van der Waals surface area contributed by atoms with E-state index in [2.05, 4.69) is 47.5 Å². The average molecular weight is 316 g/mol. The Labute approximate surface area is 139 Å². The van der Waals surface area contributed by atoms with Gasteiger partial charge in [-0.15, -0.1) is 0 Å². The molecule has 2 fully saturated rings. The van der Waals surface area contributed by atoms with Gasteiger partial charge in [0.25, 0.3) is 0 Å². The van der Waals surface area contributed by atoms with Crippen LogP contribution in [0.25, 0.3) is 0 Å². The number of nitrogens with one attached hydrogen (secondary N) is 1. The molecule has 1 N–H and O–H groups in total. The quantitative estimate of drug-likeness (QED) is 0.923. The molecule has 1 amide bonds. The molecule has 1 aromatic rings. The lowest BCUT2D eigenvalue weighted by molar-refractivity contribution is 0.0514. The van der Waals surface area contributed by atoms with Crippen LogP contribution >= 0.6 is 0 Å². The molecule has 3 rings (SSSR count). The SMILES string of the molecule is CC(c1ccccc1)N1CC2CC2(CNC(=O)OC(C)(C)C)C1. The van der Waals surface area contributed by atoms with Gasteiger partial charge in [-0.1, -0.05) is 30.3 Å². The van der Waals surface area contributed by atoms with Gasteiger partial charge in [0.15, 0.2) is 0 Å². The summed E-state index contributed by atoms with van der Waals surface area (Å²) in [4.78, 5) is 14.4. The molecule has 4 heteroatoms. The van der Waals surface area contributed by atoms with E-state index in [1.807, 2.05) is 20.8 Å². The molecular weight excluding hydrogens is 288 g/mol. The Balaban J connectivity index is 1.53. The zero-order valence-corrected chi connectivity index (χ0v) is 14.6. The Kier molecular flexibility index (Phi) is 4.13. The minimum absolute atomic E-state index is 0.264. The predicted molar refractivity (Wildman–Crippen MR) is 91.2 cm³/mol. The molecule has 1 saturated carbocycles. The molecule has 3 unspecified atom stereocenters. The average Bonchev–Trinajstić information content (AvgIpc) is 3.05. The molecule has 2 aliphatic rings. The molecule has 126 valence electrons. The third-order valence-electron chi connectivity index (χ3n) is 5.15. The highest BCUT2D eigenvalue weighted by atomic mass is 16.6. The van der Waals surface area contributed by atoms with E-state index in [0.717, 1.165) is 19.6 Å². The molecule has 1 aromatic carbocycles. The van der Waals surface area contributed by atoms with E-state index in [4.69, 9.17) is 4.74 Å². The van der Waals surface area contributed by atoms with Gasteiger partial charge in [0.1, 0.15) is 5.60 Å². The summed E-state index contributed by atoms with van der Waals surface area (Å²) < 4.78 is 5.34. The van der Waals surface area contributed by atoms with Crippen molar-refractivity contribution in [2.45, 2.75) is 45.8 Å². The number of amides is 1. The molecule has 4 nitrogen and oxygen atoms in total. The van der Waals surface area contributed by atoms with Gasteiger partial charge < -0.3 is 10.1 Å². The second-order valence-corrected chi connectivity index (χ2v) is 8.13. The van der Waals surface area contributed by atoms with Crippen molar-refractivity contribution in [2.24, 2.45) is 11.3 Å². The van der Waals surface area contributed by atoms with Crippen molar-refractivity contribution in [3.05, 3.63) is 35.9 Å². The maximum absolute atomic E-state index is 11.9. The number of rotatable bonds is 4. The Bertz CT molecular complexity index is 566. The molecule has 1 aliphatic heterocycles. The van der Waals surface area contributed by atoms with Crippen LogP contribution in [-0.4, -0.2) is 36.2 Å². The van der Waals surface area contributed by atoms with Crippen molar-refractivity contribution in [1.29, 1.82) is 0 Å². The summed E-state index contributed by atoms with van der Waals surface area (Å²) in [5, 5.41) is 2.97. The first-order chi connectivity index (χ1) is 10.8. The van der Waals surface area contributed by atoms with Gasteiger partial charge in [-0.3, -0.25) is 4.90 Å². The van der Waals surface area contributed by atoms with Crippen molar-refractivity contribution in [1.82, 2.24) is 10.2 Å². The van der Waals surface area contributed by atoms with Crippen LogP contribution < -0.4 is 5.32 Å². The van der Waals surface area contributed by atoms with Gasteiger partial charge >= 0.3 is 6.09 Å². The van der Waals surface area contributed by atoms with Crippen molar-refractivity contribution in [3.8, 4) is 0 Å². The lowest BCUT2D eigenvalue weighted by Gasteiger charge is -2.28. The first-order valence-corrected chi connectivity index (χ1v) is 8.55.